The van der Waals surface area contributed by atoms with Crippen LogP contribution in [0, 0.1) is 24.1 Å². The molecule has 7 nitrogen and oxygen atoms in total. The number of carbonyl (C=O) groups excluding carboxylic acids is 1. The largest absolute Gasteiger partial charge is 0.490 e. The summed E-state index contributed by atoms with van der Waals surface area (Å²) in [6.07, 6.45) is 0.126. The van der Waals surface area contributed by atoms with E-state index in [1.807, 2.05) is 6.92 Å². The van der Waals surface area contributed by atoms with Crippen molar-refractivity contribution in [3.05, 3.63) is 62.8 Å². The molecule has 0 fully saturated rings. The lowest BCUT2D eigenvalue weighted by molar-refractivity contribution is -0.165. The van der Waals surface area contributed by atoms with E-state index in [0.29, 0.717) is 35.1 Å². The highest BCUT2D eigenvalue weighted by molar-refractivity contribution is 6.00. The molecule has 0 saturated heterocycles. The van der Waals surface area contributed by atoms with Gasteiger partial charge in [0.1, 0.15) is 0 Å². The van der Waals surface area contributed by atoms with Gasteiger partial charge in [0.25, 0.3) is 5.56 Å². The molecular formula is C28H29FN2O5. The average molecular weight is 493 g/mol. The number of aromatic nitrogens is 1. The summed E-state index contributed by atoms with van der Waals surface area (Å²) in [5.74, 6) is -0.966. The average Bonchev–Trinajstić information content (AvgIpc) is 2.86. The van der Waals surface area contributed by atoms with Crippen LogP contribution in [0.15, 0.2) is 29.1 Å². The second-order valence-electron chi connectivity index (χ2n) is 9.92. The Labute approximate surface area is 209 Å². The molecule has 1 aliphatic heterocycles. The molecule has 36 heavy (non-hydrogen) atoms. The van der Waals surface area contributed by atoms with E-state index in [0.717, 1.165) is 17.5 Å². The van der Waals surface area contributed by atoms with Gasteiger partial charge in [0.2, 0.25) is 0 Å². The van der Waals surface area contributed by atoms with Crippen molar-refractivity contribution in [1.82, 2.24) is 4.57 Å². The number of rotatable bonds is 4. The smallest absolute Gasteiger partial charge is 0.341 e. The molecule has 0 aliphatic carbocycles. The minimum atomic E-state index is -1.27. The Hall–Kier alpha value is -3.70. The van der Waals surface area contributed by atoms with E-state index in [1.165, 1.54) is 30.9 Å². The lowest BCUT2D eigenvalue weighted by Gasteiger charge is -2.30. The summed E-state index contributed by atoms with van der Waals surface area (Å²) in [7, 11) is 2.79. The zero-order valence-electron chi connectivity index (χ0n) is 21.3. The van der Waals surface area contributed by atoms with E-state index in [4.69, 9.17) is 14.2 Å². The van der Waals surface area contributed by atoms with Gasteiger partial charge in [-0.15, -0.1) is 0 Å². The topological polar surface area (TPSA) is 90.6 Å². The molecule has 8 heteroatoms. The Morgan fingerprint density at radius 1 is 1.25 bits per heavy atom. The second-order valence-corrected chi connectivity index (χ2v) is 9.92. The highest BCUT2D eigenvalue weighted by Gasteiger charge is 2.35. The zero-order chi connectivity index (χ0) is 26.4. The highest BCUT2D eigenvalue weighted by Crippen LogP contribution is 2.43. The van der Waals surface area contributed by atoms with Crippen molar-refractivity contribution in [2.24, 2.45) is 7.05 Å². The fraction of sp³-hybridized carbons (Fsp3) is 0.393. The predicted molar refractivity (Wildman–Crippen MR) is 133 cm³/mol. The molecule has 1 aliphatic rings. The fourth-order valence-electron chi connectivity index (χ4n) is 4.79. The van der Waals surface area contributed by atoms with Crippen LogP contribution in [-0.2, 0) is 27.7 Å². The van der Waals surface area contributed by atoms with Gasteiger partial charge in [-0.05, 0) is 75.2 Å². The van der Waals surface area contributed by atoms with E-state index in [-0.39, 0.29) is 16.8 Å². The van der Waals surface area contributed by atoms with Crippen LogP contribution >= 0.6 is 0 Å². The highest BCUT2D eigenvalue weighted by atomic mass is 19.1. The number of carbonyl (C=O) groups is 1. The van der Waals surface area contributed by atoms with E-state index in [2.05, 4.69) is 6.07 Å². The molecule has 0 saturated carbocycles. The van der Waals surface area contributed by atoms with Gasteiger partial charge >= 0.3 is 5.97 Å². The fourth-order valence-corrected chi connectivity index (χ4v) is 4.79. The summed E-state index contributed by atoms with van der Waals surface area (Å²) in [6, 6.07) is 8.21. The van der Waals surface area contributed by atoms with E-state index in [1.54, 1.807) is 32.9 Å². The molecule has 1 aromatic heterocycles. The number of halogens is 1. The van der Waals surface area contributed by atoms with Crippen LogP contribution in [-0.4, -0.2) is 29.9 Å². The lowest BCUT2D eigenvalue weighted by atomic mass is 9.87. The van der Waals surface area contributed by atoms with Crippen LogP contribution in [0.4, 0.5) is 4.39 Å². The van der Waals surface area contributed by atoms with E-state index in [9.17, 15) is 14.9 Å². The second kappa shape index (κ2) is 9.40. The van der Waals surface area contributed by atoms with Gasteiger partial charge in [-0.1, -0.05) is 6.07 Å². The molecule has 0 bridgehead atoms. The zero-order valence-corrected chi connectivity index (χ0v) is 21.3. The number of methoxy groups -OCH3 is 1. The third-order valence-electron chi connectivity index (χ3n) is 6.41. The molecule has 0 amide bonds. The summed E-state index contributed by atoms with van der Waals surface area (Å²) in [5.41, 5.74) is 1.92. The summed E-state index contributed by atoms with van der Waals surface area (Å²) < 4.78 is 33.5. The lowest BCUT2D eigenvalue weighted by Crippen LogP contribution is -2.33. The molecule has 0 radical (unpaired) electrons. The molecule has 2 heterocycles. The van der Waals surface area contributed by atoms with Gasteiger partial charge in [-0.25, -0.2) is 9.18 Å². The first-order chi connectivity index (χ1) is 17.0. The minimum absolute atomic E-state index is 0.236. The Morgan fingerprint density at radius 3 is 2.61 bits per heavy atom. The normalized spacial score (nSPS) is 14.1. The summed E-state index contributed by atoms with van der Waals surface area (Å²) in [5, 5.41) is 10.2. The van der Waals surface area contributed by atoms with Crippen LogP contribution in [0.3, 0.4) is 0 Å². The summed E-state index contributed by atoms with van der Waals surface area (Å²) >= 11 is 0. The van der Waals surface area contributed by atoms with Crippen LogP contribution < -0.4 is 10.3 Å². The Kier molecular flexibility index (Phi) is 6.63. The standard InChI is InChI=1S/C28H29FN2O5/c1-15-17-8-7-11-35-24(17)21(29)13-19(15)22-18-10-9-16(14-30)12-20(18)26(32)31(5)23(22)25(27(33)34-6)36-28(2,3)4/h9-10,12-13,25H,7-8,11H2,1-6H3/t25-/m0/s1. The van der Waals surface area contributed by atoms with Crippen LogP contribution in [0.5, 0.6) is 5.75 Å². The third-order valence-corrected chi connectivity index (χ3v) is 6.41. The number of nitrogens with zero attached hydrogens (tertiary/aromatic N) is 2. The van der Waals surface area contributed by atoms with Gasteiger partial charge in [0.05, 0.1) is 36.6 Å². The Balaban J connectivity index is 2.19. The van der Waals surface area contributed by atoms with Crippen molar-refractivity contribution < 1.29 is 23.4 Å². The van der Waals surface area contributed by atoms with Gasteiger partial charge in [-0.3, -0.25) is 4.79 Å². The quantitative estimate of drug-likeness (QED) is 0.482. The number of fused-ring (bicyclic) bond motifs is 2. The van der Waals surface area contributed by atoms with Gasteiger partial charge in [0.15, 0.2) is 17.7 Å². The van der Waals surface area contributed by atoms with Crippen molar-refractivity contribution in [2.75, 3.05) is 13.7 Å². The first kappa shape index (κ1) is 25.4. The monoisotopic (exact) mass is 492 g/mol. The molecular weight excluding hydrogens is 463 g/mol. The summed E-state index contributed by atoms with van der Waals surface area (Å²) in [6.45, 7) is 7.70. The molecule has 4 rings (SSSR count). The van der Waals surface area contributed by atoms with Crippen LogP contribution in [0.2, 0.25) is 0 Å². The van der Waals surface area contributed by atoms with Crippen LogP contribution in [0.25, 0.3) is 21.9 Å². The van der Waals surface area contributed by atoms with Gasteiger partial charge in [0, 0.05) is 23.6 Å². The first-order valence-electron chi connectivity index (χ1n) is 11.8. The number of esters is 1. The van der Waals surface area contributed by atoms with Gasteiger partial charge in [-0.2, -0.15) is 5.26 Å². The van der Waals surface area contributed by atoms with Crippen molar-refractivity contribution in [3.8, 4) is 22.9 Å². The number of ether oxygens (including phenoxy) is 3. The number of benzene rings is 2. The minimum Gasteiger partial charge on any atom is -0.490 e. The third kappa shape index (κ3) is 4.35. The molecule has 1 atom stereocenters. The van der Waals surface area contributed by atoms with Crippen LogP contribution in [0.1, 0.15) is 55.7 Å². The molecule has 188 valence electrons. The maximum absolute atomic E-state index is 15.4. The maximum atomic E-state index is 15.4. The molecule has 0 unspecified atom stereocenters. The Bertz CT molecular complexity index is 1480. The maximum Gasteiger partial charge on any atom is 0.341 e. The number of nitriles is 1. The number of hydrogen-bond donors (Lipinski definition) is 0. The number of pyridine rings is 1. The van der Waals surface area contributed by atoms with Crippen molar-refractivity contribution in [1.29, 1.82) is 5.26 Å². The van der Waals surface area contributed by atoms with Crippen molar-refractivity contribution in [2.45, 2.75) is 52.2 Å². The SMILES string of the molecule is COC(=O)[C@@H](OC(C)(C)C)c1c(-c2cc(F)c3c(c2C)CCCO3)c2ccc(C#N)cc2c(=O)n1C. The van der Waals surface area contributed by atoms with E-state index >= 15 is 4.39 Å². The molecule has 0 N–H and O–H groups in total. The molecule has 2 aromatic carbocycles. The van der Waals surface area contributed by atoms with Crippen molar-refractivity contribution in [3.63, 3.8) is 0 Å². The molecule has 3 aromatic rings. The predicted octanol–water partition coefficient (Wildman–Crippen LogP) is 4.88. The van der Waals surface area contributed by atoms with Gasteiger partial charge < -0.3 is 18.8 Å². The van der Waals surface area contributed by atoms with E-state index < -0.39 is 29.1 Å². The molecule has 0 spiro atoms. The first-order valence-corrected chi connectivity index (χ1v) is 11.8. The number of hydrogen-bond acceptors (Lipinski definition) is 6. The Morgan fingerprint density at radius 2 is 1.97 bits per heavy atom. The van der Waals surface area contributed by atoms with Crippen molar-refractivity contribution >= 4 is 16.7 Å². The summed E-state index contributed by atoms with van der Waals surface area (Å²) in [4.78, 5) is 26.6.